The third-order valence-electron chi connectivity index (χ3n) is 7.15. The van der Waals surface area contributed by atoms with Crippen molar-refractivity contribution in [1.82, 2.24) is 14.7 Å². The highest BCUT2D eigenvalue weighted by Crippen LogP contribution is 2.42. The SMILES string of the molecule is Nc1ccc(-c2ccccc2)cc1NC(=O)c1ccc2c(c1)c(C1CC1)nn2CCN1CCOCC1. The van der Waals surface area contributed by atoms with E-state index in [0.29, 0.717) is 22.9 Å². The van der Waals surface area contributed by atoms with Gasteiger partial charge >= 0.3 is 0 Å². The Morgan fingerprint density at radius 1 is 0.972 bits per heavy atom. The zero-order valence-corrected chi connectivity index (χ0v) is 20.3. The molecule has 4 aromatic rings. The molecule has 0 spiro atoms. The molecule has 2 heterocycles. The number of benzene rings is 3. The largest absolute Gasteiger partial charge is 0.397 e. The number of hydrogen-bond donors (Lipinski definition) is 2. The van der Waals surface area contributed by atoms with Crippen LogP contribution in [0.5, 0.6) is 0 Å². The molecule has 1 aliphatic heterocycles. The van der Waals surface area contributed by atoms with E-state index in [1.54, 1.807) is 0 Å². The summed E-state index contributed by atoms with van der Waals surface area (Å²) in [5.41, 5.74) is 12.3. The maximum absolute atomic E-state index is 13.3. The molecule has 184 valence electrons. The lowest BCUT2D eigenvalue weighted by molar-refractivity contribution is 0.0361. The second kappa shape index (κ2) is 9.76. The summed E-state index contributed by atoms with van der Waals surface area (Å²) in [5, 5.41) is 9.10. The predicted molar refractivity (Wildman–Crippen MR) is 143 cm³/mol. The van der Waals surface area contributed by atoms with Crippen LogP contribution in [-0.2, 0) is 11.3 Å². The summed E-state index contributed by atoms with van der Waals surface area (Å²) < 4.78 is 7.58. The van der Waals surface area contributed by atoms with Crippen LogP contribution in [0.25, 0.3) is 22.0 Å². The number of morpholine rings is 1. The first-order valence-electron chi connectivity index (χ1n) is 12.7. The van der Waals surface area contributed by atoms with Crippen molar-refractivity contribution in [2.45, 2.75) is 25.3 Å². The fourth-order valence-electron chi connectivity index (χ4n) is 4.90. The average Bonchev–Trinajstić information content (AvgIpc) is 3.70. The Bertz CT molecular complexity index is 1390. The Labute approximate surface area is 210 Å². The van der Waals surface area contributed by atoms with Gasteiger partial charge in [0.25, 0.3) is 5.91 Å². The molecule has 0 bridgehead atoms. The molecule has 1 saturated heterocycles. The summed E-state index contributed by atoms with van der Waals surface area (Å²) in [6, 6.07) is 21.7. The third-order valence-corrected chi connectivity index (χ3v) is 7.15. The van der Waals surface area contributed by atoms with E-state index in [9.17, 15) is 4.79 Å². The molecule has 36 heavy (non-hydrogen) atoms. The number of nitrogens with one attached hydrogen (secondary N) is 1. The topological polar surface area (TPSA) is 85.4 Å². The zero-order valence-electron chi connectivity index (χ0n) is 20.3. The maximum Gasteiger partial charge on any atom is 0.255 e. The van der Waals surface area contributed by atoms with Gasteiger partial charge in [0.2, 0.25) is 0 Å². The number of nitrogens with zero attached hydrogens (tertiary/aromatic N) is 3. The van der Waals surface area contributed by atoms with Crippen LogP contribution in [0.4, 0.5) is 11.4 Å². The van der Waals surface area contributed by atoms with Crippen molar-refractivity contribution in [2.24, 2.45) is 0 Å². The minimum Gasteiger partial charge on any atom is -0.397 e. The smallest absolute Gasteiger partial charge is 0.255 e. The third kappa shape index (κ3) is 4.72. The number of nitrogen functional groups attached to an aromatic ring is 1. The van der Waals surface area contributed by atoms with Crippen LogP contribution in [0.15, 0.2) is 66.7 Å². The zero-order chi connectivity index (χ0) is 24.5. The summed E-state index contributed by atoms with van der Waals surface area (Å²) in [5.74, 6) is 0.324. The molecular formula is C29H31N5O2. The van der Waals surface area contributed by atoms with Gasteiger partial charge in [0, 0.05) is 36.5 Å². The van der Waals surface area contributed by atoms with Crippen molar-refractivity contribution in [3.8, 4) is 11.1 Å². The van der Waals surface area contributed by atoms with Crippen molar-refractivity contribution in [3.63, 3.8) is 0 Å². The highest BCUT2D eigenvalue weighted by Gasteiger charge is 2.29. The molecule has 7 nitrogen and oxygen atoms in total. The summed E-state index contributed by atoms with van der Waals surface area (Å²) in [4.78, 5) is 15.7. The number of carbonyl (C=O) groups is 1. The first-order chi connectivity index (χ1) is 17.7. The van der Waals surface area contributed by atoms with Gasteiger partial charge in [-0.3, -0.25) is 14.4 Å². The lowest BCUT2D eigenvalue weighted by Crippen LogP contribution is -2.38. The Morgan fingerprint density at radius 3 is 2.56 bits per heavy atom. The Morgan fingerprint density at radius 2 is 1.78 bits per heavy atom. The van der Waals surface area contributed by atoms with Crippen molar-refractivity contribution < 1.29 is 9.53 Å². The first-order valence-corrected chi connectivity index (χ1v) is 12.7. The van der Waals surface area contributed by atoms with Crippen LogP contribution in [0.3, 0.4) is 0 Å². The molecule has 0 radical (unpaired) electrons. The number of carbonyl (C=O) groups excluding carboxylic acids is 1. The van der Waals surface area contributed by atoms with Gasteiger partial charge in [0.15, 0.2) is 0 Å². The van der Waals surface area contributed by atoms with E-state index in [0.717, 1.165) is 80.0 Å². The normalized spacial score (nSPS) is 16.3. The second-order valence-electron chi connectivity index (χ2n) is 9.69. The Hall–Kier alpha value is -3.68. The van der Waals surface area contributed by atoms with Gasteiger partial charge in [-0.05, 0) is 54.3 Å². The van der Waals surface area contributed by atoms with Gasteiger partial charge in [0.05, 0.1) is 42.3 Å². The van der Waals surface area contributed by atoms with Crippen molar-refractivity contribution >= 4 is 28.2 Å². The molecule has 0 unspecified atom stereocenters. The molecule has 3 N–H and O–H groups in total. The van der Waals surface area contributed by atoms with Gasteiger partial charge < -0.3 is 15.8 Å². The molecule has 1 aromatic heterocycles. The van der Waals surface area contributed by atoms with Crippen LogP contribution < -0.4 is 11.1 Å². The number of rotatable bonds is 7. The molecule has 3 aromatic carbocycles. The average molecular weight is 482 g/mol. The molecule has 2 aliphatic rings. The highest BCUT2D eigenvalue weighted by atomic mass is 16.5. The monoisotopic (exact) mass is 481 g/mol. The summed E-state index contributed by atoms with van der Waals surface area (Å²) >= 11 is 0. The standard InChI is InChI=1S/C29H31N5O2/c30-25-10-8-22(20-4-2-1-3-5-20)19-26(25)31-29(35)23-9-11-27-24(18-23)28(21-6-7-21)32-34(27)13-12-33-14-16-36-17-15-33/h1-5,8-11,18-19,21H,6-7,12-17,30H2,(H,31,35). The number of anilines is 2. The van der Waals surface area contributed by atoms with E-state index in [1.807, 2.05) is 66.7 Å². The summed E-state index contributed by atoms with van der Waals surface area (Å²) in [6.07, 6.45) is 2.32. The van der Waals surface area contributed by atoms with Gasteiger partial charge in [-0.15, -0.1) is 0 Å². The van der Waals surface area contributed by atoms with Crippen LogP contribution >= 0.6 is 0 Å². The molecule has 0 atom stereocenters. The first kappa shape index (κ1) is 22.8. The molecule has 1 saturated carbocycles. The molecule has 7 heteroatoms. The van der Waals surface area contributed by atoms with Crippen molar-refractivity contribution in [3.05, 3.63) is 78.0 Å². The quantitative estimate of drug-likeness (QED) is 0.372. The van der Waals surface area contributed by atoms with E-state index in [-0.39, 0.29) is 5.91 Å². The summed E-state index contributed by atoms with van der Waals surface area (Å²) in [7, 11) is 0. The number of hydrogen-bond acceptors (Lipinski definition) is 5. The molecular weight excluding hydrogens is 450 g/mol. The van der Waals surface area contributed by atoms with Gasteiger partial charge in [0.1, 0.15) is 0 Å². The number of ether oxygens (including phenoxy) is 1. The number of aromatic nitrogens is 2. The molecule has 1 aliphatic carbocycles. The van der Waals surface area contributed by atoms with E-state index >= 15 is 0 Å². The minimum atomic E-state index is -0.170. The maximum atomic E-state index is 13.3. The lowest BCUT2D eigenvalue weighted by atomic mass is 10.0. The lowest BCUT2D eigenvalue weighted by Gasteiger charge is -2.26. The highest BCUT2D eigenvalue weighted by molar-refractivity contribution is 6.08. The van der Waals surface area contributed by atoms with Crippen LogP contribution in [-0.4, -0.2) is 53.4 Å². The van der Waals surface area contributed by atoms with Gasteiger partial charge in [-0.25, -0.2) is 0 Å². The number of fused-ring (bicyclic) bond motifs is 1. The van der Waals surface area contributed by atoms with Crippen LogP contribution in [0.1, 0.15) is 34.8 Å². The van der Waals surface area contributed by atoms with E-state index in [4.69, 9.17) is 15.6 Å². The Kier molecular flexibility index (Phi) is 6.17. The predicted octanol–water partition coefficient (Wildman–Crippen LogP) is 4.75. The second-order valence-corrected chi connectivity index (χ2v) is 9.69. The summed E-state index contributed by atoms with van der Waals surface area (Å²) in [6.45, 7) is 5.30. The van der Waals surface area contributed by atoms with Crippen molar-refractivity contribution in [2.75, 3.05) is 43.9 Å². The fourth-order valence-corrected chi connectivity index (χ4v) is 4.90. The minimum absolute atomic E-state index is 0.170. The fraction of sp³-hybridized carbons (Fsp3) is 0.310. The van der Waals surface area contributed by atoms with Crippen molar-refractivity contribution in [1.29, 1.82) is 0 Å². The van der Waals surface area contributed by atoms with Gasteiger partial charge in [-0.2, -0.15) is 5.10 Å². The van der Waals surface area contributed by atoms with Crippen LogP contribution in [0.2, 0.25) is 0 Å². The molecule has 1 amide bonds. The number of amides is 1. The molecule has 6 rings (SSSR count). The Balaban J connectivity index is 1.25. The number of nitrogens with two attached hydrogens (primary N) is 1. The van der Waals surface area contributed by atoms with E-state index < -0.39 is 0 Å². The molecule has 2 fully saturated rings. The van der Waals surface area contributed by atoms with Gasteiger partial charge in [-0.1, -0.05) is 36.4 Å². The van der Waals surface area contributed by atoms with E-state index in [2.05, 4.69) is 14.9 Å². The van der Waals surface area contributed by atoms with E-state index in [1.165, 1.54) is 0 Å². The van der Waals surface area contributed by atoms with Crippen LogP contribution in [0, 0.1) is 0 Å².